The van der Waals surface area contributed by atoms with Crippen molar-refractivity contribution < 1.29 is 33.5 Å². The van der Waals surface area contributed by atoms with E-state index in [9.17, 15) is 28.8 Å². The van der Waals surface area contributed by atoms with Crippen molar-refractivity contribution in [2.24, 2.45) is 5.41 Å². The number of carbonyl (C=O) groups is 6. The van der Waals surface area contributed by atoms with Crippen LogP contribution in [0.5, 0.6) is 5.75 Å². The van der Waals surface area contributed by atoms with Crippen LogP contribution in [0.3, 0.4) is 0 Å². The quantitative estimate of drug-likeness (QED) is 0.239. The number of nitrogens with one attached hydrogen (secondary N) is 2. The number of hydrogen-bond donors (Lipinski definition) is 2. The van der Waals surface area contributed by atoms with E-state index in [4.69, 9.17) is 4.74 Å². The van der Waals surface area contributed by atoms with E-state index in [2.05, 4.69) is 37.4 Å². The summed E-state index contributed by atoms with van der Waals surface area (Å²) < 4.78 is 7.63. The van der Waals surface area contributed by atoms with Crippen molar-refractivity contribution in [3.8, 4) is 5.75 Å². The molecule has 0 aliphatic carbocycles. The van der Waals surface area contributed by atoms with Gasteiger partial charge >= 0.3 is 0 Å². The highest BCUT2D eigenvalue weighted by Gasteiger charge is 2.46. The minimum absolute atomic E-state index is 0.0112. The highest BCUT2D eigenvalue weighted by Crippen LogP contribution is 2.40. The Morgan fingerprint density at radius 1 is 0.982 bits per heavy atom. The highest BCUT2D eigenvalue weighted by molar-refractivity contribution is 6.23. The van der Waals surface area contributed by atoms with Gasteiger partial charge < -0.3 is 24.8 Å². The number of amides is 6. The van der Waals surface area contributed by atoms with Gasteiger partial charge in [0.15, 0.2) is 5.65 Å². The van der Waals surface area contributed by atoms with Gasteiger partial charge in [0.25, 0.3) is 23.6 Å². The second-order valence-electron chi connectivity index (χ2n) is 16.4. The first-order valence-electron chi connectivity index (χ1n) is 19.4. The monoisotopic (exact) mass is 773 g/mol. The van der Waals surface area contributed by atoms with Gasteiger partial charge in [-0.3, -0.25) is 39.0 Å². The molecule has 16 nitrogen and oxygen atoms in total. The van der Waals surface area contributed by atoms with Crippen LogP contribution >= 0.6 is 0 Å². The van der Waals surface area contributed by atoms with Crippen molar-refractivity contribution in [2.75, 3.05) is 42.9 Å². The van der Waals surface area contributed by atoms with Crippen LogP contribution in [-0.2, 0) is 16.1 Å². The molecule has 0 spiro atoms. The lowest BCUT2D eigenvalue weighted by atomic mass is 9.80. The summed E-state index contributed by atoms with van der Waals surface area (Å²) in [6, 6.07) is 9.68. The van der Waals surface area contributed by atoms with Crippen molar-refractivity contribution in [1.29, 1.82) is 0 Å². The maximum Gasteiger partial charge on any atom is 0.262 e. The zero-order valence-electron chi connectivity index (χ0n) is 32.0. The van der Waals surface area contributed by atoms with Crippen LogP contribution in [0, 0.1) is 5.41 Å². The van der Waals surface area contributed by atoms with E-state index >= 15 is 0 Å². The van der Waals surface area contributed by atoms with Gasteiger partial charge in [-0.25, -0.2) is 9.50 Å². The molecule has 7 heterocycles. The lowest BCUT2D eigenvalue weighted by Gasteiger charge is -2.52. The number of rotatable bonds is 9. The third-order valence-electron chi connectivity index (χ3n) is 11.7. The molecule has 2 N–H and O–H groups in total. The van der Waals surface area contributed by atoms with E-state index in [1.54, 1.807) is 41.2 Å². The molecule has 2 aromatic heterocycles. The molecule has 0 radical (unpaired) electrons. The fraction of sp³-hybridized carbons (Fsp3) is 0.415. The van der Waals surface area contributed by atoms with Crippen molar-refractivity contribution >= 4 is 52.5 Å². The SMILES string of the molecule is CC(C)Oc1cc2c(cc1NC(=O)c1cnn3cccnc13)CN(C1CCN(CC3(C)CN(c4ccc5c(c4)C(=O)N(C4CCC(=O)NC4=O)C5=O)C3)CC1)C2=O. The van der Waals surface area contributed by atoms with Crippen LogP contribution in [0.4, 0.5) is 11.4 Å². The number of carbonyl (C=O) groups excluding carboxylic acids is 6. The number of anilines is 2. The van der Waals surface area contributed by atoms with Gasteiger partial charge in [0.1, 0.15) is 17.4 Å². The van der Waals surface area contributed by atoms with Gasteiger partial charge in [-0.2, -0.15) is 5.10 Å². The molecule has 9 rings (SSSR count). The number of likely N-dealkylation sites (tertiary alicyclic amines) is 1. The minimum atomic E-state index is -0.994. The molecule has 294 valence electrons. The summed E-state index contributed by atoms with van der Waals surface area (Å²) in [6.45, 7) is 10.6. The molecule has 3 saturated heterocycles. The molecule has 0 saturated carbocycles. The normalized spacial score (nSPS) is 20.9. The Labute approximate surface area is 328 Å². The topological polar surface area (TPSA) is 179 Å². The van der Waals surface area contributed by atoms with Crippen LogP contribution in [0.25, 0.3) is 5.65 Å². The number of imide groups is 2. The average Bonchev–Trinajstić information content (AvgIpc) is 3.82. The number of nitrogens with zero attached hydrogens (tertiary/aromatic N) is 7. The predicted molar refractivity (Wildman–Crippen MR) is 206 cm³/mol. The van der Waals surface area contributed by atoms with Crippen molar-refractivity contribution in [1.82, 2.24) is 34.6 Å². The Kier molecular flexibility index (Phi) is 8.83. The molecule has 5 aliphatic heterocycles. The van der Waals surface area contributed by atoms with Crippen LogP contribution < -0.4 is 20.3 Å². The summed E-state index contributed by atoms with van der Waals surface area (Å²) >= 11 is 0. The minimum Gasteiger partial charge on any atom is -0.489 e. The molecule has 1 atom stereocenters. The van der Waals surface area contributed by atoms with E-state index in [1.165, 1.54) is 6.20 Å². The first kappa shape index (κ1) is 36.5. The van der Waals surface area contributed by atoms with Crippen molar-refractivity contribution in [3.63, 3.8) is 0 Å². The fourth-order valence-electron chi connectivity index (χ4n) is 9.03. The molecule has 16 heteroatoms. The van der Waals surface area contributed by atoms with Crippen LogP contribution in [0.15, 0.2) is 55.0 Å². The van der Waals surface area contributed by atoms with E-state index in [0.29, 0.717) is 34.8 Å². The Morgan fingerprint density at radius 2 is 1.75 bits per heavy atom. The average molecular weight is 774 g/mol. The molecule has 3 fully saturated rings. The lowest BCUT2D eigenvalue weighted by molar-refractivity contribution is -0.136. The molecular weight excluding hydrogens is 731 g/mol. The molecule has 0 bridgehead atoms. The lowest BCUT2D eigenvalue weighted by Crippen LogP contribution is -2.60. The van der Waals surface area contributed by atoms with Gasteiger partial charge in [0.05, 0.1) is 29.1 Å². The smallest absolute Gasteiger partial charge is 0.262 e. The first-order chi connectivity index (χ1) is 27.4. The highest BCUT2D eigenvalue weighted by atomic mass is 16.5. The van der Waals surface area contributed by atoms with E-state index < -0.39 is 29.7 Å². The summed E-state index contributed by atoms with van der Waals surface area (Å²) in [5, 5.41) is 9.45. The zero-order valence-corrected chi connectivity index (χ0v) is 32.0. The van der Waals surface area contributed by atoms with Gasteiger partial charge in [0, 0.05) is 80.8 Å². The van der Waals surface area contributed by atoms with Gasteiger partial charge in [-0.1, -0.05) is 6.92 Å². The number of aromatic nitrogens is 3. The standard InChI is InChI=1S/C41H43N9O7/c1-23(2)57-33-17-28-24(15-31(33)44-36(52)30-18-43-49-12-4-11-42-35(30)49)19-48(38(28)54)25-9-13-46(14-10-25)20-41(3)21-47(22-41)26-5-6-27-29(16-26)40(56)50(39(27)55)32-7-8-34(51)45-37(32)53/h4-6,11-12,15-18,23,25,32H,7-10,13-14,19-22H2,1-3H3,(H,44,52)(H,45,51,53). The number of ether oxygens (including phenoxy) is 1. The Balaban J connectivity index is 0.809. The van der Waals surface area contributed by atoms with Crippen molar-refractivity contribution in [2.45, 2.75) is 71.2 Å². The van der Waals surface area contributed by atoms with Gasteiger partial charge in [-0.15, -0.1) is 0 Å². The van der Waals surface area contributed by atoms with Crippen LogP contribution in [0.2, 0.25) is 0 Å². The number of fused-ring (bicyclic) bond motifs is 3. The Morgan fingerprint density at radius 3 is 2.51 bits per heavy atom. The summed E-state index contributed by atoms with van der Waals surface area (Å²) in [5.74, 6) is -2.01. The third kappa shape index (κ3) is 6.46. The Bertz CT molecular complexity index is 2380. The third-order valence-corrected chi connectivity index (χ3v) is 11.7. The first-order valence-corrected chi connectivity index (χ1v) is 19.4. The maximum atomic E-state index is 13.8. The summed E-state index contributed by atoms with van der Waals surface area (Å²) in [5.41, 5.74) is 4.10. The molecule has 5 aliphatic rings. The summed E-state index contributed by atoms with van der Waals surface area (Å²) in [7, 11) is 0. The molecule has 2 aromatic carbocycles. The van der Waals surface area contributed by atoms with E-state index in [-0.39, 0.29) is 53.3 Å². The summed E-state index contributed by atoms with van der Waals surface area (Å²) in [6.07, 6.45) is 6.51. The van der Waals surface area contributed by atoms with E-state index in [0.717, 1.165) is 61.7 Å². The number of benzene rings is 2. The second kappa shape index (κ2) is 13.8. The fourth-order valence-corrected chi connectivity index (χ4v) is 9.03. The largest absolute Gasteiger partial charge is 0.489 e. The predicted octanol–water partition coefficient (Wildman–Crippen LogP) is 3.12. The second-order valence-corrected chi connectivity index (χ2v) is 16.4. The van der Waals surface area contributed by atoms with Crippen molar-refractivity contribution in [3.05, 3.63) is 82.8 Å². The molecule has 4 aromatic rings. The summed E-state index contributed by atoms with van der Waals surface area (Å²) in [4.78, 5) is 89.7. The van der Waals surface area contributed by atoms with Crippen LogP contribution in [0.1, 0.15) is 93.4 Å². The van der Waals surface area contributed by atoms with E-state index in [1.807, 2.05) is 30.9 Å². The zero-order chi connectivity index (χ0) is 39.7. The Hall–Kier alpha value is -6.16. The molecule has 1 unspecified atom stereocenters. The van der Waals surface area contributed by atoms with Crippen LogP contribution in [-0.4, -0.2) is 116 Å². The maximum absolute atomic E-state index is 13.8. The molecule has 57 heavy (non-hydrogen) atoms. The number of hydrogen-bond acceptors (Lipinski definition) is 11. The number of piperidine rings is 2. The molecule has 6 amide bonds. The van der Waals surface area contributed by atoms with Gasteiger partial charge in [-0.05, 0) is 75.1 Å². The molecular formula is C41H43N9O7. The van der Waals surface area contributed by atoms with Gasteiger partial charge in [0.2, 0.25) is 11.8 Å².